The average molecular weight is 517 g/mol. The van der Waals surface area contributed by atoms with E-state index in [0.717, 1.165) is 12.8 Å². The molecule has 0 saturated carbocycles. The quantitative estimate of drug-likeness (QED) is 0.530. The Hall–Kier alpha value is -4.62. The number of nitrogens with two attached hydrogens (primary N) is 1. The van der Waals surface area contributed by atoms with E-state index in [1.165, 1.54) is 19.1 Å². The first-order chi connectivity index (χ1) is 18.4. The van der Waals surface area contributed by atoms with Crippen LogP contribution in [0.3, 0.4) is 0 Å². The van der Waals surface area contributed by atoms with Gasteiger partial charge in [-0.25, -0.2) is 9.59 Å². The largest absolute Gasteiger partial charge is 0.466 e. The maximum absolute atomic E-state index is 13.1. The minimum absolute atomic E-state index is 0.00275. The van der Waals surface area contributed by atoms with Crippen LogP contribution in [0.15, 0.2) is 77.3 Å². The number of carbonyl (C=O) groups is 3. The number of hydrogen-bond donors (Lipinski definition) is 2. The summed E-state index contributed by atoms with van der Waals surface area (Å²) in [5.41, 5.74) is 7.58. The molecule has 1 fully saturated rings. The Labute approximate surface area is 220 Å². The molecule has 10 nitrogen and oxygen atoms in total. The van der Waals surface area contributed by atoms with Gasteiger partial charge in [0.05, 0.1) is 43.5 Å². The Kier molecular flexibility index (Phi) is 8.09. The van der Waals surface area contributed by atoms with E-state index in [1.807, 2.05) is 0 Å². The van der Waals surface area contributed by atoms with Crippen LogP contribution < -0.4 is 16.0 Å². The lowest BCUT2D eigenvalue weighted by Crippen LogP contribution is -2.40. The van der Waals surface area contributed by atoms with Crippen molar-refractivity contribution in [1.29, 1.82) is 5.26 Å². The van der Waals surface area contributed by atoms with Gasteiger partial charge < -0.3 is 25.3 Å². The maximum atomic E-state index is 13.1. The van der Waals surface area contributed by atoms with Gasteiger partial charge in [-0.05, 0) is 42.7 Å². The minimum Gasteiger partial charge on any atom is -0.466 e. The van der Waals surface area contributed by atoms with Gasteiger partial charge in [0.15, 0.2) is 0 Å². The second-order valence-corrected chi connectivity index (χ2v) is 8.73. The number of nitrogens with zero attached hydrogens (tertiary/aromatic N) is 2. The number of benzene rings is 2. The summed E-state index contributed by atoms with van der Waals surface area (Å²) in [6, 6.07) is 17.1. The molecular formula is C28H28N4O6. The summed E-state index contributed by atoms with van der Waals surface area (Å²) in [6.45, 7) is 1.10. The third-order valence-electron chi connectivity index (χ3n) is 6.51. The summed E-state index contributed by atoms with van der Waals surface area (Å²) in [5.74, 6) is -2.94. The van der Waals surface area contributed by atoms with Crippen molar-refractivity contribution in [2.75, 3.05) is 32.3 Å². The lowest BCUT2D eigenvalue weighted by Gasteiger charge is -2.35. The molecule has 2 atom stereocenters. The molecule has 4 rings (SSSR count). The molecule has 2 aromatic carbocycles. The fraction of sp³-hybridized carbons (Fsp3) is 0.286. The van der Waals surface area contributed by atoms with Crippen molar-refractivity contribution in [3.05, 3.63) is 88.4 Å². The number of carbonyl (C=O) groups excluding carboxylic acids is 3. The number of amides is 1. The highest BCUT2D eigenvalue weighted by Gasteiger charge is 2.43. The van der Waals surface area contributed by atoms with Gasteiger partial charge in [0.1, 0.15) is 11.5 Å². The number of ether oxygens (including phenoxy) is 3. The Morgan fingerprint density at radius 2 is 1.76 bits per heavy atom. The zero-order valence-corrected chi connectivity index (χ0v) is 21.1. The van der Waals surface area contributed by atoms with Crippen molar-refractivity contribution in [3.8, 4) is 6.07 Å². The Balaban J connectivity index is 1.77. The lowest BCUT2D eigenvalue weighted by atomic mass is 9.81. The van der Waals surface area contributed by atoms with E-state index in [1.54, 1.807) is 54.6 Å². The second kappa shape index (κ2) is 11.6. The number of nitriles is 1. The van der Waals surface area contributed by atoms with E-state index in [0.29, 0.717) is 30.0 Å². The predicted octanol–water partition coefficient (Wildman–Crippen LogP) is 2.49. The fourth-order valence-corrected chi connectivity index (χ4v) is 4.66. The number of allylic oxidation sites excluding steroid dienone is 1. The molecule has 0 radical (unpaired) electrons. The third-order valence-corrected chi connectivity index (χ3v) is 6.51. The standard InChI is InChI=1S/C28H28N4O6/c1-36-27(34)23-22(17-7-4-3-5-8-17)21(15-29)25(30)32(24(23)28(35)37-2)19-12-10-18(11-13-19)26(33)31-16-20-9-6-14-38-20/h3-5,7-8,10-13,20,22H,6,9,14,16,30H2,1-2H3,(H,31,33). The molecular weight excluding hydrogens is 488 g/mol. The van der Waals surface area contributed by atoms with E-state index in [2.05, 4.69) is 11.4 Å². The first-order valence-corrected chi connectivity index (χ1v) is 12.1. The van der Waals surface area contributed by atoms with Crippen molar-refractivity contribution in [3.63, 3.8) is 0 Å². The van der Waals surface area contributed by atoms with E-state index < -0.39 is 17.9 Å². The molecule has 2 aromatic rings. The molecule has 1 amide bonds. The van der Waals surface area contributed by atoms with Crippen molar-refractivity contribution in [2.24, 2.45) is 5.73 Å². The zero-order valence-electron chi connectivity index (χ0n) is 21.1. The smallest absolute Gasteiger partial charge is 0.355 e. The second-order valence-electron chi connectivity index (χ2n) is 8.73. The summed E-state index contributed by atoms with van der Waals surface area (Å²) < 4.78 is 15.6. The minimum atomic E-state index is -0.957. The van der Waals surface area contributed by atoms with Crippen LogP contribution in [0.1, 0.15) is 34.7 Å². The van der Waals surface area contributed by atoms with Crippen LogP contribution in [0.5, 0.6) is 0 Å². The van der Waals surface area contributed by atoms with Gasteiger partial charge in [-0.15, -0.1) is 0 Å². The Morgan fingerprint density at radius 3 is 2.34 bits per heavy atom. The van der Waals surface area contributed by atoms with E-state index in [-0.39, 0.29) is 34.7 Å². The van der Waals surface area contributed by atoms with Crippen LogP contribution in [0.25, 0.3) is 0 Å². The van der Waals surface area contributed by atoms with Crippen molar-refractivity contribution >= 4 is 23.5 Å². The molecule has 0 bridgehead atoms. The molecule has 2 heterocycles. The van der Waals surface area contributed by atoms with Crippen LogP contribution in [0.4, 0.5) is 5.69 Å². The zero-order chi connectivity index (χ0) is 27.2. The number of hydrogen-bond acceptors (Lipinski definition) is 9. The van der Waals surface area contributed by atoms with E-state index >= 15 is 0 Å². The van der Waals surface area contributed by atoms with Gasteiger partial charge in [0, 0.05) is 24.4 Å². The fourth-order valence-electron chi connectivity index (χ4n) is 4.66. The molecule has 2 aliphatic heterocycles. The Morgan fingerprint density at radius 1 is 1.08 bits per heavy atom. The first-order valence-electron chi connectivity index (χ1n) is 12.1. The van der Waals surface area contributed by atoms with Gasteiger partial charge >= 0.3 is 11.9 Å². The van der Waals surface area contributed by atoms with Gasteiger partial charge in [-0.2, -0.15) is 5.26 Å². The molecule has 0 aliphatic carbocycles. The first kappa shape index (κ1) is 26.4. The maximum Gasteiger partial charge on any atom is 0.355 e. The van der Waals surface area contributed by atoms with Crippen molar-refractivity contribution in [2.45, 2.75) is 24.9 Å². The molecule has 196 valence electrons. The summed E-state index contributed by atoms with van der Waals surface area (Å²) in [5, 5.41) is 13.0. The molecule has 0 spiro atoms. The summed E-state index contributed by atoms with van der Waals surface area (Å²) in [6.07, 6.45) is 1.87. The van der Waals surface area contributed by atoms with Crippen LogP contribution in [-0.2, 0) is 23.8 Å². The van der Waals surface area contributed by atoms with Gasteiger partial charge in [0.2, 0.25) is 0 Å². The third kappa shape index (κ3) is 5.10. The van der Waals surface area contributed by atoms with Crippen LogP contribution >= 0.6 is 0 Å². The highest BCUT2D eigenvalue weighted by atomic mass is 16.5. The monoisotopic (exact) mass is 516 g/mol. The van der Waals surface area contributed by atoms with Gasteiger partial charge in [-0.1, -0.05) is 30.3 Å². The molecule has 38 heavy (non-hydrogen) atoms. The topological polar surface area (TPSA) is 144 Å². The molecule has 3 N–H and O–H groups in total. The number of anilines is 1. The highest BCUT2D eigenvalue weighted by molar-refractivity contribution is 6.06. The predicted molar refractivity (Wildman–Crippen MR) is 137 cm³/mol. The molecule has 2 unspecified atom stereocenters. The summed E-state index contributed by atoms with van der Waals surface area (Å²) in [4.78, 5) is 40.1. The number of methoxy groups -OCH3 is 2. The van der Waals surface area contributed by atoms with Crippen LogP contribution in [-0.4, -0.2) is 51.3 Å². The van der Waals surface area contributed by atoms with Gasteiger partial charge in [-0.3, -0.25) is 9.69 Å². The lowest BCUT2D eigenvalue weighted by molar-refractivity contribution is -0.139. The van der Waals surface area contributed by atoms with Crippen molar-refractivity contribution < 1.29 is 28.6 Å². The number of rotatable bonds is 7. The van der Waals surface area contributed by atoms with Gasteiger partial charge in [0.25, 0.3) is 5.91 Å². The van der Waals surface area contributed by atoms with Crippen molar-refractivity contribution in [1.82, 2.24) is 5.32 Å². The van der Waals surface area contributed by atoms with E-state index in [4.69, 9.17) is 19.9 Å². The van der Waals surface area contributed by atoms with Crippen LogP contribution in [0.2, 0.25) is 0 Å². The number of esters is 2. The SMILES string of the molecule is COC(=O)C1=C(C(=O)OC)N(c2ccc(C(=O)NCC3CCCO3)cc2)C(N)=C(C#N)C1c1ccccc1. The van der Waals surface area contributed by atoms with E-state index in [9.17, 15) is 19.6 Å². The summed E-state index contributed by atoms with van der Waals surface area (Å²) >= 11 is 0. The molecule has 2 aliphatic rings. The Bertz CT molecular complexity index is 1320. The molecule has 0 aromatic heterocycles. The summed E-state index contributed by atoms with van der Waals surface area (Å²) in [7, 11) is 2.37. The van der Waals surface area contributed by atoms with Crippen LogP contribution in [0, 0.1) is 11.3 Å². The normalized spacial score (nSPS) is 19.1. The highest BCUT2D eigenvalue weighted by Crippen LogP contribution is 2.43. The molecule has 1 saturated heterocycles. The average Bonchev–Trinajstić information content (AvgIpc) is 3.48. The number of nitrogens with one attached hydrogen (secondary N) is 1. The molecule has 10 heteroatoms.